The molecule has 1 atom stereocenters. The van der Waals surface area contributed by atoms with E-state index in [4.69, 9.17) is 0 Å². The zero-order valence-corrected chi connectivity index (χ0v) is 13.6. The van der Waals surface area contributed by atoms with E-state index in [0.29, 0.717) is 0 Å². The molecule has 0 saturated heterocycles. The van der Waals surface area contributed by atoms with E-state index in [1.54, 1.807) is 0 Å². The second-order valence-corrected chi connectivity index (χ2v) is 8.10. The zero-order chi connectivity index (χ0) is 13.8. The number of rotatable bonds is 0. The maximum Gasteiger partial charge on any atom is 0.0948 e. The van der Waals surface area contributed by atoms with Crippen LogP contribution in [0.3, 0.4) is 0 Å². The molecule has 0 bridgehead atoms. The summed E-state index contributed by atoms with van der Waals surface area (Å²) in [4.78, 5) is 0. The van der Waals surface area contributed by atoms with Crippen molar-refractivity contribution in [1.29, 1.82) is 0 Å². The van der Waals surface area contributed by atoms with Crippen molar-refractivity contribution in [3.8, 4) is 0 Å². The Balaban J connectivity index is 2.69. The van der Waals surface area contributed by atoms with Crippen molar-refractivity contribution in [1.82, 2.24) is 0 Å². The number of halogens is 1. The molecular formula is C16H23BrO. The van der Waals surface area contributed by atoms with Gasteiger partial charge in [0.2, 0.25) is 0 Å². The lowest BCUT2D eigenvalue weighted by atomic mass is 9.59. The first-order valence-electron chi connectivity index (χ1n) is 6.61. The summed E-state index contributed by atoms with van der Waals surface area (Å²) in [5, 5.41) is 11.2. The van der Waals surface area contributed by atoms with E-state index in [1.807, 2.05) is 0 Å². The molecule has 0 amide bonds. The summed E-state index contributed by atoms with van der Waals surface area (Å²) < 4.78 is 1.04. The summed E-state index contributed by atoms with van der Waals surface area (Å²) in [6, 6.07) is 6.34. The van der Waals surface area contributed by atoms with Crippen LogP contribution in [0.4, 0.5) is 0 Å². The number of aliphatic hydroxyl groups is 1. The molecule has 1 nitrogen and oxygen atoms in total. The van der Waals surface area contributed by atoms with Gasteiger partial charge < -0.3 is 5.11 Å². The van der Waals surface area contributed by atoms with Gasteiger partial charge in [0.1, 0.15) is 0 Å². The molecule has 1 aliphatic carbocycles. The lowest BCUT2D eigenvalue weighted by Crippen LogP contribution is -2.46. The highest BCUT2D eigenvalue weighted by molar-refractivity contribution is 9.10. The van der Waals surface area contributed by atoms with Crippen LogP contribution in [0.5, 0.6) is 0 Å². The predicted octanol–water partition coefficient (Wildman–Crippen LogP) is 4.75. The minimum absolute atomic E-state index is 0.146. The highest BCUT2D eigenvalue weighted by atomic mass is 79.9. The van der Waals surface area contributed by atoms with Crippen molar-refractivity contribution in [3.63, 3.8) is 0 Å². The van der Waals surface area contributed by atoms with Crippen LogP contribution in [-0.4, -0.2) is 5.11 Å². The van der Waals surface area contributed by atoms with E-state index >= 15 is 0 Å². The monoisotopic (exact) mass is 310 g/mol. The quantitative estimate of drug-likeness (QED) is 0.733. The average molecular weight is 311 g/mol. The standard InChI is InChI=1S/C16H23BrO/c1-14(2,3)16(18)9-8-15(4,5)12-7-6-11(17)10-13(12)16/h6-7,10,18H,8-9H2,1-5H3. The van der Waals surface area contributed by atoms with Gasteiger partial charge in [0.05, 0.1) is 5.60 Å². The van der Waals surface area contributed by atoms with Gasteiger partial charge in [-0.15, -0.1) is 0 Å². The fraction of sp³-hybridized carbons (Fsp3) is 0.625. The second-order valence-electron chi connectivity index (χ2n) is 7.18. The molecule has 100 valence electrons. The molecule has 1 unspecified atom stereocenters. The molecule has 0 aromatic heterocycles. The van der Waals surface area contributed by atoms with Crippen LogP contribution in [0, 0.1) is 5.41 Å². The Kier molecular flexibility index (Phi) is 3.19. The molecule has 0 aliphatic heterocycles. The van der Waals surface area contributed by atoms with Crippen molar-refractivity contribution < 1.29 is 5.11 Å². The van der Waals surface area contributed by atoms with Gasteiger partial charge in [0, 0.05) is 4.47 Å². The van der Waals surface area contributed by atoms with Crippen LogP contribution >= 0.6 is 15.9 Å². The van der Waals surface area contributed by atoms with E-state index in [-0.39, 0.29) is 10.8 Å². The molecule has 0 fully saturated rings. The van der Waals surface area contributed by atoms with Gasteiger partial charge in [-0.2, -0.15) is 0 Å². The van der Waals surface area contributed by atoms with Crippen LogP contribution in [0.25, 0.3) is 0 Å². The van der Waals surface area contributed by atoms with Crippen LogP contribution < -0.4 is 0 Å². The first-order chi connectivity index (χ1) is 8.08. The van der Waals surface area contributed by atoms with Gasteiger partial charge in [-0.25, -0.2) is 0 Å². The normalized spacial score (nSPS) is 26.8. The van der Waals surface area contributed by atoms with Gasteiger partial charge in [-0.1, -0.05) is 56.6 Å². The molecule has 0 spiro atoms. The molecule has 2 rings (SSSR count). The molecular weight excluding hydrogens is 288 g/mol. The van der Waals surface area contributed by atoms with Crippen LogP contribution in [0.15, 0.2) is 22.7 Å². The Morgan fingerprint density at radius 2 is 1.72 bits per heavy atom. The molecule has 2 heteroatoms. The lowest BCUT2D eigenvalue weighted by molar-refractivity contribution is -0.0838. The number of benzene rings is 1. The average Bonchev–Trinajstić information content (AvgIpc) is 2.22. The number of hydrogen-bond donors (Lipinski definition) is 1. The third-order valence-corrected chi connectivity index (χ3v) is 5.00. The van der Waals surface area contributed by atoms with Crippen molar-refractivity contribution in [3.05, 3.63) is 33.8 Å². The topological polar surface area (TPSA) is 20.2 Å². The Hall–Kier alpha value is -0.340. The lowest BCUT2D eigenvalue weighted by Gasteiger charge is -2.49. The first kappa shape index (κ1) is 14.1. The van der Waals surface area contributed by atoms with Gasteiger partial charge in [0.25, 0.3) is 0 Å². The van der Waals surface area contributed by atoms with Crippen molar-refractivity contribution >= 4 is 15.9 Å². The van der Waals surface area contributed by atoms with Crippen molar-refractivity contribution in [2.75, 3.05) is 0 Å². The molecule has 1 N–H and O–H groups in total. The summed E-state index contributed by atoms with van der Waals surface area (Å²) >= 11 is 3.54. The van der Waals surface area contributed by atoms with Crippen molar-refractivity contribution in [2.24, 2.45) is 5.41 Å². The maximum atomic E-state index is 11.2. The Morgan fingerprint density at radius 3 is 2.28 bits per heavy atom. The van der Waals surface area contributed by atoms with Crippen LogP contribution in [0.2, 0.25) is 0 Å². The summed E-state index contributed by atoms with van der Waals surface area (Å²) in [5.74, 6) is 0. The summed E-state index contributed by atoms with van der Waals surface area (Å²) in [6.45, 7) is 10.9. The van der Waals surface area contributed by atoms with E-state index in [9.17, 15) is 5.11 Å². The largest absolute Gasteiger partial charge is 0.385 e. The van der Waals surface area contributed by atoms with E-state index < -0.39 is 5.60 Å². The maximum absolute atomic E-state index is 11.2. The predicted molar refractivity (Wildman–Crippen MR) is 79.8 cm³/mol. The molecule has 1 aliphatic rings. The van der Waals surface area contributed by atoms with Crippen LogP contribution in [0.1, 0.15) is 58.6 Å². The highest BCUT2D eigenvalue weighted by Gasteiger charge is 2.48. The van der Waals surface area contributed by atoms with Gasteiger partial charge in [-0.05, 0) is 46.9 Å². The SMILES string of the molecule is CC1(C)CCC(O)(C(C)(C)C)c2cc(Br)ccc21. The summed E-state index contributed by atoms with van der Waals surface area (Å²) in [5.41, 5.74) is 1.64. The minimum atomic E-state index is -0.734. The molecule has 0 radical (unpaired) electrons. The summed E-state index contributed by atoms with van der Waals surface area (Å²) in [7, 11) is 0. The molecule has 0 saturated carbocycles. The molecule has 18 heavy (non-hydrogen) atoms. The fourth-order valence-electron chi connectivity index (χ4n) is 2.99. The van der Waals surface area contributed by atoms with E-state index in [1.165, 1.54) is 5.56 Å². The highest BCUT2D eigenvalue weighted by Crippen LogP contribution is 2.52. The summed E-state index contributed by atoms with van der Waals surface area (Å²) in [6.07, 6.45) is 1.85. The van der Waals surface area contributed by atoms with Crippen molar-refractivity contribution in [2.45, 2.75) is 58.5 Å². The smallest absolute Gasteiger partial charge is 0.0948 e. The zero-order valence-electron chi connectivity index (χ0n) is 12.0. The Labute approximate surface area is 119 Å². The Morgan fingerprint density at radius 1 is 1.11 bits per heavy atom. The van der Waals surface area contributed by atoms with Crippen LogP contribution in [-0.2, 0) is 11.0 Å². The van der Waals surface area contributed by atoms with E-state index in [2.05, 4.69) is 68.7 Å². The van der Waals surface area contributed by atoms with Gasteiger partial charge in [-0.3, -0.25) is 0 Å². The first-order valence-corrected chi connectivity index (χ1v) is 7.40. The number of fused-ring (bicyclic) bond motifs is 1. The molecule has 1 aromatic carbocycles. The molecule has 0 heterocycles. The third kappa shape index (κ3) is 2.04. The second kappa shape index (κ2) is 4.08. The number of hydrogen-bond acceptors (Lipinski definition) is 1. The van der Waals surface area contributed by atoms with Gasteiger partial charge in [0.15, 0.2) is 0 Å². The minimum Gasteiger partial charge on any atom is -0.385 e. The van der Waals surface area contributed by atoms with Gasteiger partial charge >= 0.3 is 0 Å². The fourth-order valence-corrected chi connectivity index (χ4v) is 3.35. The third-order valence-electron chi connectivity index (χ3n) is 4.51. The van der Waals surface area contributed by atoms with E-state index in [0.717, 1.165) is 22.9 Å². The Bertz CT molecular complexity index is 470. The molecule has 1 aromatic rings.